The fraction of sp³-hybridized carbons (Fsp3) is 0.0800. The molecule has 164 valence electrons. The Morgan fingerprint density at radius 1 is 0.758 bits per heavy atom. The number of hydrogen-bond donors (Lipinski definition) is 0. The topological polar surface area (TPSA) is 101 Å². The number of urea groups is 1. The maximum Gasteiger partial charge on any atom is 0.343 e. The lowest BCUT2D eigenvalue weighted by Crippen LogP contribution is -2.57. The van der Waals surface area contributed by atoms with Gasteiger partial charge in [0, 0.05) is 12.1 Å². The predicted molar refractivity (Wildman–Crippen MR) is 124 cm³/mol. The van der Waals surface area contributed by atoms with Crippen LogP contribution in [0.1, 0.15) is 16.7 Å². The van der Waals surface area contributed by atoms with Crippen molar-refractivity contribution in [2.75, 3.05) is 9.80 Å². The molecule has 8 heteroatoms. The molecule has 4 rings (SSSR count). The summed E-state index contributed by atoms with van der Waals surface area (Å²) in [5.41, 5.74) is 1.89. The smallest absolute Gasteiger partial charge is 0.268 e. The molecule has 1 aliphatic heterocycles. The summed E-state index contributed by atoms with van der Waals surface area (Å²) in [4.78, 5) is 52.9. The summed E-state index contributed by atoms with van der Waals surface area (Å²) in [7, 11) is 0. The summed E-state index contributed by atoms with van der Waals surface area (Å²) in [5.74, 6) is -1.59. The zero-order valence-corrected chi connectivity index (χ0v) is 17.9. The second-order valence-corrected chi connectivity index (χ2v) is 7.55. The molecule has 0 N–H and O–H groups in total. The van der Waals surface area contributed by atoms with Crippen molar-refractivity contribution in [3.05, 3.63) is 105 Å². The van der Waals surface area contributed by atoms with E-state index in [1.807, 2.05) is 0 Å². The number of nitrogens with zero attached hydrogens (tertiary/aromatic N) is 3. The molecule has 3 aromatic carbocycles. The molecule has 33 heavy (non-hydrogen) atoms. The molecule has 8 nitrogen and oxygen atoms in total. The monoisotopic (exact) mass is 441 g/mol. The van der Waals surface area contributed by atoms with Gasteiger partial charge in [0.15, 0.2) is 0 Å². The second-order valence-electron chi connectivity index (χ2n) is 7.55. The minimum Gasteiger partial charge on any atom is -0.268 e. The maximum atomic E-state index is 13.5. The van der Waals surface area contributed by atoms with Crippen LogP contribution in [0.2, 0.25) is 0 Å². The van der Waals surface area contributed by atoms with Crippen molar-refractivity contribution in [2.24, 2.45) is 0 Å². The number of amides is 4. The summed E-state index contributed by atoms with van der Waals surface area (Å²) < 4.78 is 0. The van der Waals surface area contributed by atoms with Gasteiger partial charge >= 0.3 is 6.03 Å². The van der Waals surface area contributed by atoms with Gasteiger partial charge in [-0.25, -0.2) is 14.6 Å². The highest BCUT2D eigenvalue weighted by atomic mass is 16.6. The van der Waals surface area contributed by atoms with E-state index in [9.17, 15) is 24.5 Å². The molecular formula is C25H19N3O5. The van der Waals surface area contributed by atoms with E-state index in [0.717, 1.165) is 9.80 Å². The molecule has 0 atom stereocenters. The molecule has 0 radical (unpaired) electrons. The van der Waals surface area contributed by atoms with Crippen LogP contribution in [0.4, 0.5) is 21.9 Å². The first-order valence-corrected chi connectivity index (χ1v) is 10.1. The third-order valence-corrected chi connectivity index (χ3v) is 5.35. The van der Waals surface area contributed by atoms with Crippen molar-refractivity contribution in [1.82, 2.24) is 0 Å². The molecule has 1 saturated heterocycles. The van der Waals surface area contributed by atoms with Gasteiger partial charge in [-0.1, -0.05) is 48.5 Å². The standard InChI is InChI=1S/C25H19N3O5/c1-16-8-3-5-12-21(16)26-23(29)20(15-18-10-7-11-19(14-18)28(32)33)24(30)27(25(26)31)22-13-6-4-9-17(22)2/h3-15H,1-2H3. The Hall–Kier alpha value is -4.59. The minimum atomic E-state index is -0.796. The average molecular weight is 441 g/mol. The van der Waals surface area contributed by atoms with E-state index in [2.05, 4.69) is 0 Å². The van der Waals surface area contributed by atoms with Gasteiger partial charge in [-0.15, -0.1) is 0 Å². The number of hydrogen-bond acceptors (Lipinski definition) is 5. The second kappa shape index (κ2) is 8.51. The molecule has 1 heterocycles. The van der Waals surface area contributed by atoms with E-state index in [4.69, 9.17) is 0 Å². The van der Waals surface area contributed by atoms with Gasteiger partial charge in [-0.2, -0.15) is 0 Å². The van der Waals surface area contributed by atoms with E-state index < -0.39 is 22.8 Å². The summed E-state index contributed by atoms with van der Waals surface area (Å²) >= 11 is 0. The van der Waals surface area contributed by atoms with Crippen LogP contribution in [0.5, 0.6) is 0 Å². The minimum absolute atomic E-state index is 0.178. The van der Waals surface area contributed by atoms with Crippen LogP contribution in [0.15, 0.2) is 78.4 Å². The Balaban J connectivity index is 1.92. The number of nitro benzene ring substituents is 1. The van der Waals surface area contributed by atoms with Crippen LogP contribution in [-0.2, 0) is 9.59 Å². The summed E-state index contributed by atoms with van der Waals surface area (Å²) in [6.45, 7) is 3.52. The van der Waals surface area contributed by atoms with Crippen molar-refractivity contribution in [1.29, 1.82) is 0 Å². The number of para-hydroxylation sites is 2. The number of aryl methyl sites for hydroxylation is 2. The van der Waals surface area contributed by atoms with Crippen LogP contribution >= 0.6 is 0 Å². The van der Waals surface area contributed by atoms with Gasteiger partial charge in [0.05, 0.1) is 16.3 Å². The van der Waals surface area contributed by atoms with Gasteiger partial charge in [0.2, 0.25) is 0 Å². The van der Waals surface area contributed by atoms with E-state index in [1.54, 1.807) is 68.4 Å². The van der Waals surface area contributed by atoms with E-state index in [1.165, 1.54) is 24.3 Å². The highest BCUT2D eigenvalue weighted by molar-refractivity contribution is 6.46. The molecule has 1 fully saturated rings. The van der Waals surface area contributed by atoms with Gasteiger partial charge in [0.25, 0.3) is 17.5 Å². The van der Waals surface area contributed by atoms with Gasteiger partial charge in [0.1, 0.15) is 5.57 Å². The van der Waals surface area contributed by atoms with Crippen molar-refractivity contribution in [2.45, 2.75) is 13.8 Å². The summed E-state index contributed by atoms with van der Waals surface area (Å²) in [6, 6.07) is 18.5. The van der Waals surface area contributed by atoms with Crippen molar-refractivity contribution < 1.29 is 19.3 Å². The van der Waals surface area contributed by atoms with Crippen LogP contribution < -0.4 is 9.80 Å². The number of non-ortho nitro benzene ring substituents is 1. The summed E-state index contributed by atoms with van der Waals surface area (Å²) in [5, 5.41) is 11.2. The lowest BCUT2D eigenvalue weighted by atomic mass is 10.0. The Morgan fingerprint density at radius 2 is 1.27 bits per heavy atom. The SMILES string of the molecule is Cc1ccccc1N1C(=O)C(=Cc2cccc([N+](=O)[O-])c2)C(=O)N(c2ccccc2C)C1=O. The molecule has 0 bridgehead atoms. The maximum absolute atomic E-state index is 13.5. The number of imide groups is 2. The number of carbonyl (C=O) groups excluding carboxylic acids is 3. The predicted octanol–water partition coefficient (Wildman–Crippen LogP) is 4.80. The highest BCUT2D eigenvalue weighted by Gasteiger charge is 2.44. The van der Waals surface area contributed by atoms with Crippen LogP contribution in [0, 0.1) is 24.0 Å². The summed E-state index contributed by atoms with van der Waals surface area (Å²) in [6.07, 6.45) is 1.28. The average Bonchev–Trinajstić information content (AvgIpc) is 2.79. The van der Waals surface area contributed by atoms with Gasteiger partial charge < -0.3 is 0 Å². The first-order valence-electron chi connectivity index (χ1n) is 10.1. The number of carbonyl (C=O) groups is 3. The van der Waals surface area contributed by atoms with Crippen LogP contribution in [-0.4, -0.2) is 22.8 Å². The number of rotatable bonds is 4. The van der Waals surface area contributed by atoms with Crippen LogP contribution in [0.3, 0.4) is 0 Å². The Kier molecular flexibility index (Phi) is 5.58. The fourth-order valence-electron chi connectivity index (χ4n) is 3.68. The van der Waals surface area contributed by atoms with Crippen molar-refractivity contribution in [3.63, 3.8) is 0 Å². The third kappa shape index (κ3) is 3.89. The molecule has 0 unspecified atom stereocenters. The first kappa shape index (κ1) is 21.6. The van der Waals surface area contributed by atoms with E-state index in [0.29, 0.717) is 28.1 Å². The molecule has 0 saturated carbocycles. The molecule has 4 amide bonds. The third-order valence-electron chi connectivity index (χ3n) is 5.35. The normalized spacial score (nSPS) is 14.0. The number of nitro groups is 1. The molecule has 1 aliphatic rings. The molecule has 0 aliphatic carbocycles. The number of barbiturate groups is 1. The quantitative estimate of drug-likeness (QED) is 0.251. The number of anilines is 2. The molecular weight excluding hydrogens is 422 g/mol. The Labute approximate surface area is 189 Å². The van der Waals surface area contributed by atoms with E-state index in [-0.39, 0.29) is 11.3 Å². The Morgan fingerprint density at radius 3 is 1.76 bits per heavy atom. The number of benzene rings is 3. The lowest BCUT2D eigenvalue weighted by molar-refractivity contribution is -0.384. The lowest BCUT2D eigenvalue weighted by Gasteiger charge is -2.35. The van der Waals surface area contributed by atoms with Gasteiger partial charge in [-0.05, 0) is 48.7 Å². The zero-order valence-electron chi connectivity index (χ0n) is 17.9. The first-order chi connectivity index (χ1) is 15.8. The van der Waals surface area contributed by atoms with Crippen LogP contribution in [0.25, 0.3) is 6.08 Å². The molecule has 3 aromatic rings. The fourth-order valence-corrected chi connectivity index (χ4v) is 3.68. The molecule has 0 aromatic heterocycles. The molecule has 0 spiro atoms. The highest BCUT2D eigenvalue weighted by Crippen LogP contribution is 2.32. The zero-order chi connectivity index (χ0) is 23.7. The van der Waals surface area contributed by atoms with Gasteiger partial charge in [-0.3, -0.25) is 19.7 Å². The van der Waals surface area contributed by atoms with Crippen molar-refractivity contribution >= 4 is 41.0 Å². The Bertz CT molecular complexity index is 1280. The van der Waals surface area contributed by atoms with Crippen molar-refractivity contribution in [3.8, 4) is 0 Å². The largest absolute Gasteiger partial charge is 0.343 e. The van der Waals surface area contributed by atoms with E-state index >= 15 is 0 Å².